The first-order chi connectivity index (χ1) is 15.1. The second kappa shape index (κ2) is 9.22. The highest BCUT2D eigenvalue weighted by Crippen LogP contribution is 2.38. The van der Waals surface area contributed by atoms with Crippen molar-refractivity contribution < 1.29 is 14.3 Å². The summed E-state index contributed by atoms with van der Waals surface area (Å²) in [6.07, 6.45) is 2.00. The zero-order valence-electron chi connectivity index (χ0n) is 18.2. The summed E-state index contributed by atoms with van der Waals surface area (Å²) < 4.78 is 12.7. The zero-order valence-corrected chi connectivity index (χ0v) is 18.2. The summed E-state index contributed by atoms with van der Waals surface area (Å²) >= 11 is 0. The van der Waals surface area contributed by atoms with Gasteiger partial charge in [0.15, 0.2) is 0 Å². The Hall–Kier alpha value is -3.32. The van der Waals surface area contributed by atoms with Gasteiger partial charge in [0, 0.05) is 17.7 Å². The van der Waals surface area contributed by atoms with Crippen LogP contribution >= 0.6 is 0 Å². The number of carbonyl (C=O) groups excluding carboxylic acids is 1. The Morgan fingerprint density at radius 3 is 2.68 bits per heavy atom. The number of benzene rings is 2. The van der Waals surface area contributed by atoms with E-state index in [4.69, 9.17) is 9.47 Å². The zero-order chi connectivity index (χ0) is 21.8. The highest BCUT2D eigenvalue weighted by molar-refractivity contribution is 5.91. The van der Waals surface area contributed by atoms with Crippen molar-refractivity contribution in [1.82, 2.24) is 14.7 Å². The fraction of sp³-hybridized carbons (Fsp3) is 0.333. The molecular weight excluding hydrogens is 392 g/mol. The molecule has 0 bridgehead atoms. The molecular formula is C24H28N4O3. The molecule has 7 heteroatoms. The predicted octanol–water partition coefficient (Wildman–Crippen LogP) is 3.97. The first-order valence-electron chi connectivity index (χ1n) is 10.5. The van der Waals surface area contributed by atoms with Crippen LogP contribution in [0.1, 0.15) is 30.1 Å². The summed E-state index contributed by atoms with van der Waals surface area (Å²) in [6.45, 7) is 3.07. The molecule has 4 rings (SSSR count). The number of carbonyl (C=O) groups is 1. The number of anilines is 1. The number of para-hydroxylation sites is 1. The van der Waals surface area contributed by atoms with E-state index >= 15 is 0 Å². The molecule has 2 aromatic carbocycles. The normalized spacial score (nSPS) is 16.3. The SMILES string of the molecule is COc1ccc(OC)c([C@H]2CCCN2CC(=O)Nc2cc(C)nn2-c2ccccc2)c1. The molecule has 0 spiro atoms. The number of ether oxygens (including phenoxy) is 2. The summed E-state index contributed by atoms with van der Waals surface area (Å²) in [4.78, 5) is 15.2. The van der Waals surface area contributed by atoms with Crippen LogP contribution in [0.2, 0.25) is 0 Å². The van der Waals surface area contributed by atoms with Gasteiger partial charge in [0.25, 0.3) is 0 Å². The summed E-state index contributed by atoms with van der Waals surface area (Å²) in [6, 6.07) is 17.6. The Morgan fingerprint density at radius 2 is 1.94 bits per heavy atom. The van der Waals surface area contributed by atoms with Crippen LogP contribution in [0.4, 0.5) is 5.82 Å². The van der Waals surface area contributed by atoms with Gasteiger partial charge in [0.1, 0.15) is 17.3 Å². The van der Waals surface area contributed by atoms with Crippen LogP contribution in [0.3, 0.4) is 0 Å². The van der Waals surface area contributed by atoms with Crippen molar-refractivity contribution in [2.45, 2.75) is 25.8 Å². The molecule has 0 aliphatic carbocycles. The van der Waals surface area contributed by atoms with Crippen molar-refractivity contribution in [2.24, 2.45) is 0 Å². The molecule has 1 aliphatic heterocycles. The van der Waals surface area contributed by atoms with Gasteiger partial charge < -0.3 is 14.8 Å². The van der Waals surface area contributed by atoms with Crippen LogP contribution in [0, 0.1) is 6.92 Å². The van der Waals surface area contributed by atoms with E-state index in [1.54, 1.807) is 18.9 Å². The largest absolute Gasteiger partial charge is 0.497 e. The number of amides is 1. The number of methoxy groups -OCH3 is 2. The summed E-state index contributed by atoms with van der Waals surface area (Å²) in [5, 5.41) is 7.57. The number of rotatable bonds is 7. The maximum Gasteiger partial charge on any atom is 0.239 e. The smallest absolute Gasteiger partial charge is 0.239 e. The minimum atomic E-state index is -0.0640. The molecule has 7 nitrogen and oxygen atoms in total. The molecule has 1 aromatic heterocycles. The minimum absolute atomic E-state index is 0.0640. The van der Waals surface area contributed by atoms with Gasteiger partial charge in [0.2, 0.25) is 5.91 Å². The number of hydrogen-bond donors (Lipinski definition) is 1. The lowest BCUT2D eigenvalue weighted by molar-refractivity contribution is -0.117. The van der Waals surface area contributed by atoms with Gasteiger partial charge in [-0.2, -0.15) is 5.10 Å². The van der Waals surface area contributed by atoms with Crippen LogP contribution in [0.15, 0.2) is 54.6 Å². The quantitative estimate of drug-likeness (QED) is 0.626. The lowest BCUT2D eigenvalue weighted by Crippen LogP contribution is -2.33. The van der Waals surface area contributed by atoms with Gasteiger partial charge in [-0.1, -0.05) is 18.2 Å². The summed E-state index contributed by atoms with van der Waals surface area (Å²) in [7, 11) is 3.33. The van der Waals surface area contributed by atoms with Crippen LogP contribution in [-0.4, -0.2) is 47.9 Å². The van der Waals surface area contributed by atoms with E-state index in [1.165, 1.54) is 0 Å². The fourth-order valence-corrected chi connectivity index (χ4v) is 4.19. The third-order valence-corrected chi connectivity index (χ3v) is 5.61. The molecule has 3 aromatic rings. The maximum atomic E-state index is 13.0. The number of hydrogen-bond acceptors (Lipinski definition) is 5. The Balaban J connectivity index is 1.51. The highest BCUT2D eigenvalue weighted by Gasteiger charge is 2.30. The van der Waals surface area contributed by atoms with Crippen molar-refractivity contribution in [3.63, 3.8) is 0 Å². The molecule has 1 fully saturated rings. The van der Waals surface area contributed by atoms with Crippen molar-refractivity contribution in [1.29, 1.82) is 0 Å². The average molecular weight is 421 g/mol. The Bertz CT molecular complexity index is 1050. The molecule has 2 heterocycles. The number of likely N-dealkylation sites (tertiary alicyclic amines) is 1. The topological polar surface area (TPSA) is 68.6 Å². The van der Waals surface area contributed by atoms with Crippen molar-refractivity contribution in [2.75, 3.05) is 32.6 Å². The monoisotopic (exact) mass is 420 g/mol. The number of aryl methyl sites for hydroxylation is 1. The highest BCUT2D eigenvalue weighted by atomic mass is 16.5. The van der Waals surface area contributed by atoms with Gasteiger partial charge in [-0.05, 0) is 56.6 Å². The summed E-state index contributed by atoms with van der Waals surface area (Å²) in [5.74, 6) is 2.21. The van der Waals surface area contributed by atoms with Gasteiger partial charge in [-0.15, -0.1) is 0 Å². The lowest BCUT2D eigenvalue weighted by Gasteiger charge is -2.26. The molecule has 1 aliphatic rings. The van der Waals surface area contributed by atoms with Crippen LogP contribution in [-0.2, 0) is 4.79 Å². The third-order valence-electron chi connectivity index (χ3n) is 5.61. The lowest BCUT2D eigenvalue weighted by atomic mass is 10.0. The number of aromatic nitrogens is 2. The van der Waals surface area contributed by atoms with Crippen molar-refractivity contribution in [3.8, 4) is 17.2 Å². The first-order valence-corrected chi connectivity index (χ1v) is 10.5. The van der Waals surface area contributed by atoms with Crippen LogP contribution in [0.5, 0.6) is 11.5 Å². The second-order valence-electron chi connectivity index (χ2n) is 7.70. The molecule has 1 atom stereocenters. The van der Waals surface area contributed by atoms with E-state index in [9.17, 15) is 4.79 Å². The standard InChI is InChI=1S/C24H28N4O3/c1-17-14-23(28(26-17)18-8-5-4-6-9-18)25-24(29)16-27-13-7-10-21(27)20-15-19(30-2)11-12-22(20)31-3/h4-6,8-9,11-12,14-15,21H,7,10,13,16H2,1-3H3,(H,25,29)/t21-/m1/s1. The van der Waals surface area contributed by atoms with Crippen molar-refractivity contribution >= 4 is 11.7 Å². The number of nitrogens with zero attached hydrogens (tertiary/aromatic N) is 3. The Kier molecular flexibility index (Phi) is 6.23. The van der Waals surface area contributed by atoms with Gasteiger partial charge in [-0.3, -0.25) is 9.69 Å². The molecule has 0 saturated carbocycles. The molecule has 31 heavy (non-hydrogen) atoms. The minimum Gasteiger partial charge on any atom is -0.497 e. The van der Waals surface area contributed by atoms with E-state index in [-0.39, 0.29) is 11.9 Å². The van der Waals surface area contributed by atoms with E-state index in [2.05, 4.69) is 15.3 Å². The van der Waals surface area contributed by atoms with Crippen LogP contribution < -0.4 is 14.8 Å². The molecule has 1 saturated heterocycles. The molecule has 1 N–H and O–H groups in total. The summed E-state index contributed by atoms with van der Waals surface area (Å²) in [5.41, 5.74) is 2.81. The maximum absolute atomic E-state index is 13.0. The Morgan fingerprint density at radius 1 is 1.13 bits per heavy atom. The van der Waals surface area contributed by atoms with Gasteiger partial charge >= 0.3 is 0 Å². The average Bonchev–Trinajstić information content (AvgIpc) is 3.39. The molecule has 0 radical (unpaired) electrons. The molecule has 0 unspecified atom stereocenters. The van der Waals surface area contributed by atoms with Gasteiger partial charge in [0.05, 0.1) is 32.1 Å². The van der Waals surface area contributed by atoms with E-state index in [0.29, 0.717) is 12.4 Å². The molecule has 1 amide bonds. The van der Waals surface area contributed by atoms with Gasteiger partial charge in [-0.25, -0.2) is 4.68 Å². The van der Waals surface area contributed by atoms with E-state index in [0.717, 1.165) is 47.8 Å². The van der Waals surface area contributed by atoms with Crippen LogP contribution in [0.25, 0.3) is 5.69 Å². The van der Waals surface area contributed by atoms with E-state index in [1.807, 2.05) is 61.5 Å². The molecule has 162 valence electrons. The Labute approximate surface area is 182 Å². The van der Waals surface area contributed by atoms with Crippen molar-refractivity contribution in [3.05, 3.63) is 65.9 Å². The first kappa shape index (κ1) is 20.9. The predicted molar refractivity (Wildman–Crippen MR) is 120 cm³/mol. The second-order valence-corrected chi connectivity index (χ2v) is 7.70. The number of nitrogens with one attached hydrogen (secondary N) is 1. The third kappa shape index (κ3) is 4.56. The fourth-order valence-electron chi connectivity index (χ4n) is 4.19. The van der Waals surface area contributed by atoms with E-state index < -0.39 is 0 Å².